The fraction of sp³-hybridized carbons (Fsp3) is 0.176. The van der Waals surface area contributed by atoms with Crippen LogP contribution in [-0.4, -0.2) is 28.0 Å². The highest BCUT2D eigenvalue weighted by Gasteiger charge is 2.21. The van der Waals surface area contributed by atoms with E-state index in [-0.39, 0.29) is 11.4 Å². The molecule has 25 heavy (non-hydrogen) atoms. The summed E-state index contributed by atoms with van der Waals surface area (Å²) in [4.78, 5) is 24.2. The molecule has 0 aliphatic carbocycles. The number of rotatable bonds is 5. The second-order valence-electron chi connectivity index (χ2n) is 5.25. The van der Waals surface area contributed by atoms with E-state index in [2.05, 4.69) is 26.6 Å². The predicted molar refractivity (Wildman–Crippen MR) is 99.0 cm³/mol. The molecular formula is C17H16BrFN2O3S. The van der Waals surface area contributed by atoms with Crippen molar-refractivity contribution in [2.75, 3.05) is 17.3 Å². The molecule has 0 aliphatic heterocycles. The van der Waals surface area contributed by atoms with Crippen molar-refractivity contribution in [2.24, 2.45) is 0 Å². The van der Waals surface area contributed by atoms with Crippen molar-refractivity contribution in [1.82, 2.24) is 5.32 Å². The fourth-order valence-electron chi connectivity index (χ4n) is 2.14. The van der Waals surface area contributed by atoms with Crippen LogP contribution in [-0.2, 0) is 20.4 Å². The highest BCUT2D eigenvalue weighted by Crippen LogP contribution is 2.20. The molecule has 8 heteroatoms. The predicted octanol–water partition coefficient (Wildman–Crippen LogP) is 2.76. The average Bonchev–Trinajstić information content (AvgIpc) is 2.57. The number of hydrogen-bond donors (Lipinski definition) is 2. The van der Waals surface area contributed by atoms with Crippen LogP contribution in [0.1, 0.15) is 11.6 Å². The third-order valence-electron chi connectivity index (χ3n) is 3.29. The summed E-state index contributed by atoms with van der Waals surface area (Å²) in [5.74, 6) is -2.43. The second-order valence-corrected chi connectivity index (χ2v) is 7.65. The zero-order chi connectivity index (χ0) is 18.4. The Balaban J connectivity index is 2.10. The summed E-state index contributed by atoms with van der Waals surface area (Å²) in [6.45, 7) is 0. The normalized spacial score (nSPS) is 12.9. The minimum absolute atomic E-state index is 0.107. The highest BCUT2D eigenvalue weighted by atomic mass is 79.9. The Morgan fingerprint density at radius 3 is 2.48 bits per heavy atom. The number of amides is 2. The first-order chi connectivity index (χ1) is 11.9. The van der Waals surface area contributed by atoms with Gasteiger partial charge in [-0.25, -0.2) is 4.39 Å². The standard InChI is InChI=1S/C17H16BrFN2O3S/c1-25(24)10-15(11-5-3-2-4-6-11)21-17(23)16(22)20-14-9-12(18)7-8-13(14)19/h2-9,15H,10H2,1H3,(H,20,22)(H,21,23). The van der Waals surface area contributed by atoms with Gasteiger partial charge >= 0.3 is 11.8 Å². The molecule has 2 N–H and O–H groups in total. The van der Waals surface area contributed by atoms with Gasteiger partial charge in [0.1, 0.15) is 5.82 Å². The summed E-state index contributed by atoms with van der Waals surface area (Å²) in [6.07, 6.45) is 1.51. The molecule has 2 amide bonds. The van der Waals surface area contributed by atoms with Crippen molar-refractivity contribution in [3.63, 3.8) is 0 Å². The molecule has 0 saturated heterocycles. The summed E-state index contributed by atoms with van der Waals surface area (Å²) in [5, 5.41) is 4.77. The van der Waals surface area contributed by atoms with Crippen LogP contribution in [0.4, 0.5) is 10.1 Å². The van der Waals surface area contributed by atoms with Crippen molar-refractivity contribution in [3.8, 4) is 0 Å². The molecule has 0 saturated carbocycles. The van der Waals surface area contributed by atoms with Gasteiger partial charge in [-0.1, -0.05) is 46.3 Å². The summed E-state index contributed by atoms with van der Waals surface area (Å²) in [6, 6.07) is 12.3. The third-order valence-corrected chi connectivity index (χ3v) is 4.59. The van der Waals surface area contributed by atoms with Crippen molar-refractivity contribution in [1.29, 1.82) is 0 Å². The van der Waals surface area contributed by atoms with Crippen LogP contribution in [0.3, 0.4) is 0 Å². The van der Waals surface area contributed by atoms with Gasteiger partial charge in [-0.05, 0) is 23.8 Å². The first kappa shape index (κ1) is 19.3. The molecule has 2 aromatic carbocycles. The van der Waals surface area contributed by atoms with Gasteiger partial charge < -0.3 is 10.6 Å². The van der Waals surface area contributed by atoms with Crippen LogP contribution < -0.4 is 10.6 Å². The minimum atomic E-state index is -1.18. The van der Waals surface area contributed by atoms with E-state index >= 15 is 0 Å². The molecule has 2 unspecified atom stereocenters. The van der Waals surface area contributed by atoms with E-state index in [0.717, 1.165) is 5.56 Å². The fourth-order valence-corrected chi connectivity index (χ4v) is 3.24. The lowest BCUT2D eigenvalue weighted by atomic mass is 10.1. The quantitative estimate of drug-likeness (QED) is 0.721. The molecule has 2 atom stereocenters. The van der Waals surface area contributed by atoms with Gasteiger partial charge in [0.15, 0.2) is 0 Å². The topological polar surface area (TPSA) is 75.3 Å². The molecular weight excluding hydrogens is 411 g/mol. The number of anilines is 1. The number of carbonyl (C=O) groups excluding carboxylic acids is 2. The molecule has 0 heterocycles. The van der Waals surface area contributed by atoms with Gasteiger partial charge in [-0.3, -0.25) is 13.8 Å². The summed E-state index contributed by atoms with van der Waals surface area (Å²) < 4.78 is 25.8. The molecule has 2 aromatic rings. The van der Waals surface area contributed by atoms with Crippen LogP contribution in [0.2, 0.25) is 0 Å². The van der Waals surface area contributed by atoms with Crippen LogP contribution in [0, 0.1) is 5.82 Å². The minimum Gasteiger partial charge on any atom is -0.340 e. The lowest BCUT2D eigenvalue weighted by molar-refractivity contribution is -0.136. The number of nitrogens with one attached hydrogen (secondary N) is 2. The van der Waals surface area contributed by atoms with E-state index < -0.39 is 34.5 Å². The molecule has 0 aromatic heterocycles. The molecule has 5 nitrogen and oxygen atoms in total. The maximum absolute atomic E-state index is 13.7. The third kappa shape index (κ3) is 5.75. The van der Waals surface area contributed by atoms with E-state index in [1.165, 1.54) is 24.5 Å². The van der Waals surface area contributed by atoms with Crippen LogP contribution in [0.25, 0.3) is 0 Å². The smallest absolute Gasteiger partial charge is 0.313 e. The Labute approximate surface area is 155 Å². The lowest BCUT2D eigenvalue weighted by Crippen LogP contribution is -2.39. The summed E-state index contributed by atoms with van der Waals surface area (Å²) in [7, 11) is -1.18. The van der Waals surface area contributed by atoms with E-state index in [0.29, 0.717) is 4.47 Å². The maximum atomic E-state index is 13.7. The molecule has 0 bridgehead atoms. The molecule has 0 fully saturated rings. The Morgan fingerprint density at radius 1 is 1.16 bits per heavy atom. The van der Waals surface area contributed by atoms with E-state index in [4.69, 9.17) is 0 Å². The van der Waals surface area contributed by atoms with Gasteiger partial charge in [0.25, 0.3) is 0 Å². The van der Waals surface area contributed by atoms with Crippen LogP contribution in [0.15, 0.2) is 53.0 Å². The van der Waals surface area contributed by atoms with Crippen molar-refractivity contribution in [2.45, 2.75) is 6.04 Å². The number of carbonyl (C=O) groups is 2. The van der Waals surface area contributed by atoms with Gasteiger partial charge in [-0.2, -0.15) is 0 Å². The summed E-state index contributed by atoms with van der Waals surface area (Å²) in [5.41, 5.74) is 0.623. The number of benzene rings is 2. The molecule has 132 valence electrons. The number of halogens is 2. The van der Waals surface area contributed by atoms with E-state index in [9.17, 15) is 18.2 Å². The monoisotopic (exact) mass is 426 g/mol. The maximum Gasteiger partial charge on any atom is 0.313 e. The van der Waals surface area contributed by atoms with Gasteiger partial charge in [0.2, 0.25) is 0 Å². The molecule has 0 spiro atoms. The van der Waals surface area contributed by atoms with Crippen molar-refractivity contribution in [3.05, 3.63) is 64.4 Å². The molecule has 2 rings (SSSR count). The zero-order valence-corrected chi connectivity index (χ0v) is 15.7. The zero-order valence-electron chi connectivity index (χ0n) is 13.3. The lowest BCUT2D eigenvalue weighted by Gasteiger charge is -2.18. The first-order valence-corrected chi connectivity index (χ1v) is 9.80. The average molecular weight is 427 g/mol. The van der Waals surface area contributed by atoms with Crippen LogP contribution in [0.5, 0.6) is 0 Å². The van der Waals surface area contributed by atoms with Crippen molar-refractivity contribution < 1.29 is 18.2 Å². The SMILES string of the molecule is CS(=O)CC(NC(=O)C(=O)Nc1cc(Br)ccc1F)c1ccccc1. The first-order valence-electron chi connectivity index (χ1n) is 7.28. The molecule has 0 radical (unpaired) electrons. The van der Waals surface area contributed by atoms with Gasteiger partial charge in [0, 0.05) is 27.3 Å². The van der Waals surface area contributed by atoms with E-state index in [1.807, 2.05) is 6.07 Å². The Morgan fingerprint density at radius 2 is 1.84 bits per heavy atom. The van der Waals surface area contributed by atoms with Crippen molar-refractivity contribution >= 4 is 44.2 Å². The summed E-state index contributed by atoms with van der Waals surface area (Å²) >= 11 is 3.17. The number of hydrogen-bond acceptors (Lipinski definition) is 3. The Bertz CT molecular complexity index is 802. The largest absolute Gasteiger partial charge is 0.340 e. The van der Waals surface area contributed by atoms with Gasteiger partial charge in [-0.15, -0.1) is 0 Å². The Kier molecular flexibility index (Phi) is 6.83. The van der Waals surface area contributed by atoms with E-state index in [1.54, 1.807) is 24.3 Å². The Hall–Kier alpha value is -2.06. The van der Waals surface area contributed by atoms with Crippen LogP contribution >= 0.6 is 15.9 Å². The second kappa shape index (κ2) is 8.87. The molecule has 0 aliphatic rings. The van der Waals surface area contributed by atoms with Gasteiger partial charge in [0.05, 0.1) is 11.7 Å². The highest BCUT2D eigenvalue weighted by molar-refractivity contribution is 9.10.